The summed E-state index contributed by atoms with van der Waals surface area (Å²) >= 11 is 9.61. The Balaban J connectivity index is 1.78. The Morgan fingerprint density at radius 3 is 2.61 bits per heavy atom. The summed E-state index contributed by atoms with van der Waals surface area (Å²) in [5.41, 5.74) is 0.501. The highest BCUT2D eigenvalue weighted by Gasteiger charge is 2.34. The molecule has 1 aromatic carbocycles. The quantitative estimate of drug-likeness (QED) is 0.321. The Labute approximate surface area is 201 Å². The van der Waals surface area contributed by atoms with Gasteiger partial charge in [0.2, 0.25) is 5.76 Å². The first-order chi connectivity index (χ1) is 15.6. The molecule has 1 N–H and O–H groups in total. The summed E-state index contributed by atoms with van der Waals surface area (Å²) in [6.45, 7) is 1.33. The zero-order chi connectivity index (χ0) is 24.3. The van der Waals surface area contributed by atoms with Crippen LogP contribution in [0.5, 0.6) is 5.75 Å². The first-order valence-electron chi connectivity index (χ1n) is 9.39. The second-order valence-corrected chi connectivity index (χ2v) is 8.00. The summed E-state index contributed by atoms with van der Waals surface area (Å²) in [5, 5.41) is 2.66. The predicted molar refractivity (Wildman–Crippen MR) is 118 cm³/mol. The SMILES string of the molecule is COC(=O)c1ccc(CN2C(=O)N/C(=C\c3cc(Cl)c(O[C@H](C)C(=O)OC)c(Br)c3)C2=O)o1. The van der Waals surface area contributed by atoms with Gasteiger partial charge >= 0.3 is 18.0 Å². The summed E-state index contributed by atoms with van der Waals surface area (Å²) in [6, 6.07) is 5.32. The largest absolute Gasteiger partial charge is 0.476 e. The van der Waals surface area contributed by atoms with Gasteiger partial charge < -0.3 is 23.9 Å². The van der Waals surface area contributed by atoms with Gasteiger partial charge in [-0.05, 0) is 58.8 Å². The van der Waals surface area contributed by atoms with E-state index in [1.165, 1.54) is 45.4 Å². The Morgan fingerprint density at radius 1 is 1.24 bits per heavy atom. The molecule has 0 unspecified atom stereocenters. The number of hydrogen-bond donors (Lipinski definition) is 1. The molecule has 1 aliphatic heterocycles. The van der Waals surface area contributed by atoms with Gasteiger partial charge in [0.15, 0.2) is 11.9 Å². The molecule has 3 amide bonds. The number of benzene rings is 1. The van der Waals surface area contributed by atoms with Gasteiger partial charge in [-0.25, -0.2) is 14.4 Å². The minimum absolute atomic E-state index is 0.0133. The third kappa shape index (κ3) is 5.37. The number of furan rings is 1. The molecular formula is C21H18BrClN2O8. The number of nitrogens with one attached hydrogen (secondary N) is 1. The highest BCUT2D eigenvalue weighted by Crippen LogP contribution is 2.36. The minimum Gasteiger partial charge on any atom is -0.476 e. The number of carbonyl (C=O) groups excluding carboxylic acids is 4. The molecule has 0 saturated carbocycles. The molecule has 0 spiro atoms. The number of imide groups is 1. The summed E-state index contributed by atoms with van der Waals surface area (Å²) in [6.07, 6.45) is 0.547. The summed E-state index contributed by atoms with van der Waals surface area (Å²) in [4.78, 5) is 49.1. The van der Waals surface area contributed by atoms with Crippen LogP contribution in [0.4, 0.5) is 4.79 Å². The molecule has 10 nitrogen and oxygen atoms in total. The molecule has 1 aliphatic rings. The van der Waals surface area contributed by atoms with E-state index in [1.807, 2.05) is 0 Å². The molecule has 2 aromatic rings. The molecule has 33 heavy (non-hydrogen) atoms. The smallest absolute Gasteiger partial charge is 0.373 e. The predicted octanol–water partition coefficient (Wildman–Crippen LogP) is 3.52. The average Bonchev–Trinajstić information content (AvgIpc) is 3.35. The number of rotatable bonds is 7. The maximum absolute atomic E-state index is 12.7. The average molecular weight is 542 g/mol. The number of urea groups is 1. The van der Waals surface area contributed by atoms with Gasteiger partial charge in [-0.15, -0.1) is 0 Å². The van der Waals surface area contributed by atoms with Crippen LogP contribution in [0, 0.1) is 0 Å². The van der Waals surface area contributed by atoms with Gasteiger partial charge in [0.1, 0.15) is 11.5 Å². The van der Waals surface area contributed by atoms with E-state index in [9.17, 15) is 19.2 Å². The van der Waals surface area contributed by atoms with Crippen LogP contribution in [0.15, 0.2) is 38.9 Å². The van der Waals surface area contributed by atoms with Crippen LogP contribution >= 0.6 is 27.5 Å². The third-order valence-corrected chi connectivity index (χ3v) is 5.35. The van der Waals surface area contributed by atoms with Gasteiger partial charge in [0, 0.05) is 0 Å². The second kappa shape index (κ2) is 10.1. The van der Waals surface area contributed by atoms with E-state index in [1.54, 1.807) is 6.07 Å². The van der Waals surface area contributed by atoms with Gasteiger partial charge in [0.25, 0.3) is 5.91 Å². The van der Waals surface area contributed by atoms with Gasteiger partial charge in [-0.3, -0.25) is 9.69 Å². The van der Waals surface area contributed by atoms with Crippen LogP contribution in [-0.4, -0.2) is 49.1 Å². The number of hydrogen-bond acceptors (Lipinski definition) is 8. The molecule has 1 saturated heterocycles. The van der Waals surface area contributed by atoms with Gasteiger partial charge in [-0.2, -0.15) is 0 Å². The van der Waals surface area contributed by atoms with E-state index < -0.39 is 30.0 Å². The van der Waals surface area contributed by atoms with E-state index >= 15 is 0 Å². The number of esters is 2. The topological polar surface area (TPSA) is 124 Å². The fraction of sp³-hybridized carbons (Fsp3) is 0.238. The first-order valence-corrected chi connectivity index (χ1v) is 10.6. The fourth-order valence-electron chi connectivity index (χ4n) is 2.88. The van der Waals surface area contributed by atoms with Crippen molar-refractivity contribution in [2.24, 2.45) is 0 Å². The maximum Gasteiger partial charge on any atom is 0.373 e. The molecular weight excluding hydrogens is 524 g/mol. The number of amides is 3. The van der Waals surface area contributed by atoms with E-state index in [4.69, 9.17) is 20.8 Å². The first kappa shape index (κ1) is 24.3. The lowest BCUT2D eigenvalue weighted by atomic mass is 10.1. The van der Waals surface area contributed by atoms with Crippen LogP contribution in [0.1, 0.15) is 28.8 Å². The van der Waals surface area contributed by atoms with Crippen LogP contribution in [0.25, 0.3) is 6.08 Å². The highest BCUT2D eigenvalue weighted by atomic mass is 79.9. The second-order valence-electron chi connectivity index (χ2n) is 6.73. The summed E-state index contributed by atoms with van der Waals surface area (Å²) < 4.78 is 20.5. The van der Waals surface area contributed by atoms with Gasteiger partial charge in [0.05, 0.1) is 30.3 Å². The van der Waals surface area contributed by atoms with Crippen LogP contribution in [-0.2, 0) is 25.6 Å². The van der Waals surface area contributed by atoms with Crippen LogP contribution < -0.4 is 10.1 Å². The highest BCUT2D eigenvalue weighted by molar-refractivity contribution is 9.10. The summed E-state index contributed by atoms with van der Waals surface area (Å²) in [5.74, 6) is -1.43. The lowest BCUT2D eigenvalue weighted by Crippen LogP contribution is -2.30. The minimum atomic E-state index is -0.890. The van der Waals surface area contributed by atoms with Crippen molar-refractivity contribution in [1.29, 1.82) is 0 Å². The molecule has 174 valence electrons. The Morgan fingerprint density at radius 2 is 1.97 bits per heavy atom. The third-order valence-electron chi connectivity index (χ3n) is 4.48. The van der Waals surface area contributed by atoms with E-state index in [0.717, 1.165) is 4.90 Å². The van der Waals surface area contributed by atoms with Crippen molar-refractivity contribution in [1.82, 2.24) is 10.2 Å². The molecule has 0 radical (unpaired) electrons. The van der Waals surface area contributed by atoms with Crippen molar-refractivity contribution in [2.75, 3.05) is 14.2 Å². The lowest BCUT2D eigenvalue weighted by molar-refractivity contribution is -0.147. The van der Waals surface area contributed by atoms with Crippen LogP contribution in [0.2, 0.25) is 5.02 Å². The van der Waals surface area contributed by atoms with Crippen molar-refractivity contribution in [3.05, 3.63) is 56.5 Å². The molecule has 12 heteroatoms. The van der Waals surface area contributed by atoms with Crippen molar-refractivity contribution >= 4 is 57.5 Å². The molecule has 0 aliphatic carbocycles. The Hall–Kier alpha value is -3.31. The summed E-state index contributed by atoms with van der Waals surface area (Å²) in [7, 11) is 2.45. The zero-order valence-electron chi connectivity index (χ0n) is 17.6. The number of ether oxygens (including phenoxy) is 3. The molecule has 1 fully saturated rings. The normalized spacial score (nSPS) is 15.4. The maximum atomic E-state index is 12.7. The Bertz CT molecular complexity index is 1140. The van der Waals surface area contributed by atoms with Crippen molar-refractivity contribution in [2.45, 2.75) is 19.6 Å². The van der Waals surface area contributed by atoms with Crippen molar-refractivity contribution < 1.29 is 37.8 Å². The van der Waals surface area contributed by atoms with E-state index in [-0.39, 0.29) is 34.5 Å². The standard InChI is InChI=1S/C21H18BrClN2O8/c1-10(19(27)30-2)32-17-13(22)6-11(7-14(17)23)8-15-18(26)25(21(29)24-15)9-12-4-5-16(33-12)20(28)31-3/h4-8,10H,9H2,1-3H3,(H,24,29)/b15-8-/t10-/m1/s1. The molecule has 2 heterocycles. The van der Waals surface area contributed by atoms with Crippen LogP contribution in [0.3, 0.4) is 0 Å². The lowest BCUT2D eigenvalue weighted by Gasteiger charge is -2.15. The molecule has 1 atom stereocenters. The fourth-order valence-corrected chi connectivity index (χ4v) is 3.84. The van der Waals surface area contributed by atoms with E-state index in [2.05, 4.69) is 30.7 Å². The van der Waals surface area contributed by atoms with Gasteiger partial charge in [-0.1, -0.05) is 11.6 Å². The van der Waals surface area contributed by atoms with E-state index in [0.29, 0.717) is 10.0 Å². The van der Waals surface area contributed by atoms with Crippen molar-refractivity contribution in [3.8, 4) is 5.75 Å². The molecule has 3 rings (SSSR count). The molecule has 1 aromatic heterocycles. The monoisotopic (exact) mass is 540 g/mol. The number of carbonyl (C=O) groups is 4. The number of methoxy groups -OCH3 is 2. The number of nitrogens with zero attached hydrogens (tertiary/aromatic N) is 1. The Kier molecular flexibility index (Phi) is 7.44. The molecule has 0 bridgehead atoms. The van der Waals surface area contributed by atoms with Crippen molar-refractivity contribution in [3.63, 3.8) is 0 Å². The zero-order valence-corrected chi connectivity index (χ0v) is 20.0. The number of halogens is 2.